The molecule has 0 unspecified atom stereocenters. The van der Waals surface area contributed by atoms with Gasteiger partial charge in [0.15, 0.2) is 0 Å². The van der Waals surface area contributed by atoms with Crippen molar-refractivity contribution in [3.05, 3.63) is 133 Å². The van der Waals surface area contributed by atoms with E-state index in [1.54, 1.807) is 0 Å². The number of hydrogen-bond acceptors (Lipinski definition) is 1. The summed E-state index contributed by atoms with van der Waals surface area (Å²) in [6, 6.07) is 41.7. The molecule has 0 bridgehead atoms. The Bertz CT molecular complexity index is 1610. The van der Waals surface area contributed by atoms with Gasteiger partial charge in [-0.15, -0.1) is 0 Å². The zero-order valence-corrected chi connectivity index (χ0v) is 19.2. The summed E-state index contributed by atoms with van der Waals surface area (Å²) in [5, 5.41) is 7.41. The van der Waals surface area contributed by atoms with Crippen molar-refractivity contribution in [2.24, 2.45) is 0 Å². The third kappa shape index (κ3) is 3.52. The lowest BCUT2D eigenvalue weighted by Gasteiger charge is -2.26. The maximum Gasteiger partial charge on any atom is 0.0468 e. The van der Waals surface area contributed by atoms with Crippen LogP contribution in [0.25, 0.3) is 38.4 Å². The van der Waals surface area contributed by atoms with Crippen LogP contribution in [0.15, 0.2) is 122 Å². The van der Waals surface area contributed by atoms with Crippen molar-refractivity contribution in [2.75, 3.05) is 4.90 Å². The van der Waals surface area contributed by atoms with Gasteiger partial charge in [0.25, 0.3) is 0 Å². The number of fused-ring (bicyclic) bond motifs is 3. The van der Waals surface area contributed by atoms with E-state index in [4.69, 9.17) is 0 Å². The first-order valence-electron chi connectivity index (χ1n) is 11.6. The topological polar surface area (TPSA) is 3.24 Å². The molecule has 0 atom stereocenters. The van der Waals surface area contributed by atoms with Crippen LogP contribution in [-0.2, 0) is 0 Å². The molecule has 0 N–H and O–H groups in total. The van der Waals surface area contributed by atoms with Crippen LogP contribution in [-0.4, -0.2) is 0 Å². The van der Waals surface area contributed by atoms with Gasteiger partial charge in [0.2, 0.25) is 0 Å². The van der Waals surface area contributed by atoms with E-state index in [1.807, 2.05) is 6.08 Å². The average Bonchev–Trinajstić information content (AvgIpc) is 2.88. The second kappa shape index (κ2) is 8.20. The quantitative estimate of drug-likeness (QED) is 0.266. The molecular weight excluding hydrogens is 410 g/mol. The SMILES string of the molecule is C=Cc1cc2ccc(N(c3ccc4ccccc4c3)c3ccc4ccccc4c3)cc2cc1C. The summed E-state index contributed by atoms with van der Waals surface area (Å²) < 4.78 is 0. The molecule has 0 heterocycles. The first-order chi connectivity index (χ1) is 16.7. The molecule has 1 heteroatoms. The number of hydrogen-bond donors (Lipinski definition) is 0. The van der Waals surface area contributed by atoms with Crippen LogP contribution in [0.4, 0.5) is 17.1 Å². The third-order valence-electron chi connectivity index (χ3n) is 6.67. The molecule has 0 amide bonds. The van der Waals surface area contributed by atoms with Gasteiger partial charge in [-0.1, -0.05) is 85.5 Å². The molecule has 0 saturated carbocycles. The van der Waals surface area contributed by atoms with Crippen molar-refractivity contribution in [3.8, 4) is 0 Å². The first-order valence-corrected chi connectivity index (χ1v) is 11.6. The van der Waals surface area contributed by atoms with E-state index in [0.717, 1.165) is 17.1 Å². The van der Waals surface area contributed by atoms with Crippen molar-refractivity contribution in [1.82, 2.24) is 0 Å². The third-order valence-corrected chi connectivity index (χ3v) is 6.67. The van der Waals surface area contributed by atoms with E-state index in [0.29, 0.717) is 0 Å². The minimum Gasteiger partial charge on any atom is -0.310 e. The van der Waals surface area contributed by atoms with E-state index >= 15 is 0 Å². The Kier molecular flexibility index (Phi) is 4.89. The summed E-state index contributed by atoms with van der Waals surface area (Å²) in [4.78, 5) is 2.36. The number of benzene rings is 6. The van der Waals surface area contributed by atoms with E-state index in [1.165, 1.54) is 43.4 Å². The fourth-order valence-corrected chi connectivity index (χ4v) is 4.85. The highest BCUT2D eigenvalue weighted by Gasteiger charge is 2.14. The summed E-state index contributed by atoms with van der Waals surface area (Å²) in [6.07, 6.45) is 1.93. The largest absolute Gasteiger partial charge is 0.310 e. The highest BCUT2D eigenvalue weighted by molar-refractivity contribution is 5.95. The Morgan fingerprint density at radius 1 is 0.500 bits per heavy atom. The van der Waals surface area contributed by atoms with Gasteiger partial charge < -0.3 is 4.90 Å². The lowest BCUT2D eigenvalue weighted by atomic mass is 10.0. The smallest absolute Gasteiger partial charge is 0.0468 e. The van der Waals surface area contributed by atoms with E-state index in [2.05, 4.69) is 134 Å². The van der Waals surface area contributed by atoms with E-state index < -0.39 is 0 Å². The van der Waals surface area contributed by atoms with Crippen molar-refractivity contribution in [1.29, 1.82) is 0 Å². The van der Waals surface area contributed by atoms with Crippen LogP contribution in [0.3, 0.4) is 0 Å². The van der Waals surface area contributed by atoms with Gasteiger partial charge in [-0.3, -0.25) is 0 Å². The molecule has 0 aromatic heterocycles. The zero-order chi connectivity index (χ0) is 23.1. The molecule has 0 aliphatic carbocycles. The van der Waals surface area contributed by atoms with Crippen LogP contribution < -0.4 is 4.90 Å². The van der Waals surface area contributed by atoms with Gasteiger partial charge in [-0.05, 0) is 92.8 Å². The van der Waals surface area contributed by atoms with Gasteiger partial charge in [0.05, 0.1) is 0 Å². The highest BCUT2D eigenvalue weighted by atomic mass is 15.1. The van der Waals surface area contributed by atoms with Crippen molar-refractivity contribution >= 4 is 55.5 Å². The van der Waals surface area contributed by atoms with E-state index in [-0.39, 0.29) is 0 Å². The van der Waals surface area contributed by atoms with Crippen molar-refractivity contribution in [2.45, 2.75) is 6.92 Å². The standard InChI is InChI=1S/C33H25N/c1-3-24-19-29-14-17-33(22-30(29)18-23(24)2)34(31-15-12-25-8-4-6-10-27(25)20-31)32-16-13-26-9-5-7-11-28(26)21-32/h3-22H,1H2,2H3. The molecule has 6 aromatic carbocycles. The molecule has 6 rings (SSSR count). The Morgan fingerprint density at radius 3 is 1.47 bits per heavy atom. The maximum atomic E-state index is 3.97. The van der Waals surface area contributed by atoms with Gasteiger partial charge in [-0.2, -0.15) is 0 Å². The lowest BCUT2D eigenvalue weighted by molar-refractivity contribution is 1.30. The predicted molar refractivity (Wildman–Crippen MR) is 148 cm³/mol. The minimum absolute atomic E-state index is 1.14. The summed E-state index contributed by atoms with van der Waals surface area (Å²) in [7, 11) is 0. The molecule has 0 aliphatic rings. The van der Waals surface area contributed by atoms with Crippen LogP contribution in [0, 0.1) is 6.92 Å². The summed E-state index contributed by atoms with van der Waals surface area (Å²) in [6.45, 7) is 6.11. The highest BCUT2D eigenvalue weighted by Crippen LogP contribution is 2.38. The van der Waals surface area contributed by atoms with Crippen LogP contribution in [0.1, 0.15) is 11.1 Å². The van der Waals surface area contributed by atoms with E-state index in [9.17, 15) is 0 Å². The fraction of sp³-hybridized carbons (Fsp3) is 0.0303. The molecule has 1 nitrogen and oxygen atoms in total. The number of anilines is 3. The monoisotopic (exact) mass is 435 g/mol. The lowest BCUT2D eigenvalue weighted by Crippen LogP contribution is -2.10. The molecule has 0 fully saturated rings. The van der Waals surface area contributed by atoms with Gasteiger partial charge in [-0.25, -0.2) is 0 Å². The first kappa shape index (κ1) is 20.3. The van der Waals surface area contributed by atoms with Crippen LogP contribution in [0.2, 0.25) is 0 Å². The molecule has 6 aromatic rings. The average molecular weight is 436 g/mol. The second-order valence-corrected chi connectivity index (χ2v) is 8.84. The van der Waals surface area contributed by atoms with Crippen LogP contribution >= 0.6 is 0 Å². The molecule has 162 valence electrons. The Labute approximate surface area is 200 Å². The molecule has 0 spiro atoms. The van der Waals surface area contributed by atoms with Gasteiger partial charge in [0.1, 0.15) is 0 Å². The van der Waals surface area contributed by atoms with Gasteiger partial charge in [0, 0.05) is 17.1 Å². The minimum atomic E-state index is 1.14. The molecule has 0 aliphatic heterocycles. The van der Waals surface area contributed by atoms with Crippen molar-refractivity contribution < 1.29 is 0 Å². The molecule has 0 saturated heterocycles. The molecule has 34 heavy (non-hydrogen) atoms. The number of nitrogens with zero attached hydrogens (tertiary/aromatic N) is 1. The van der Waals surface area contributed by atoms with Gasteiger partial charge >= 0.3 is 0 Å². The Morgan fingerprint density at radius 2 is 0.941 bits per heavy atom. The number of rotatable bonds is 4. The summed E-state index contributed by atoms with van der Waals surface area (Å²) in [5.74, 6) is 0. The van der Waals surface area contributed by atoms with Crippen LogP contribution in [0.5, 0.6) is 0 Å². The molecular formula is C33H25N. The molecule has 0 radical (unpaired) electrons. The second-order valence-electron chi connectivity index (χ2n) is 8.84. The predicted octanol–water partition coefficient (Wildman–Crippen LogP) is 9.57. The normalized spacial score (nSPS) is 11.2. The fourth-order valence-electron chi connectivity index (χ4n) is 4.85. The Hall–Kier alpha value is -4.36. The number of aryl methyl sites for hydroxylation is 1. The zero-order valence-electron chi connectivity index (χ0n) is 19.2. The maximum absolute atomic E-state index is 3.97. The van der Waals surface area contributed by atoms with Crippen molar-refractivity contribution in [3.63, 3.8) is 0 Å². The summed E-state index contributed by atoms with van der Waals surface area (Å²) >= 11 is 0. The Balaban J connectivity index is 1.58. The summed E-state index contributed by atoms with van der Waals surface area (Å²) in [5.41, 5.74) is 5.85.